The third-order valence-electron chi connectivity index (χ3n) is 3.82. The molecule has 2 amide bonds. The van der Waals surface area contributed by atoms with Crippen LogP contribution in [-0.4, -0.2) is 23.3 Å². The van der Waals surface area contributed by atoms with Gasteiger partial charge in [-0.15, -0.1) is 0 Å². The lowest BCUT2D eigenvalue weighted by Gasteiger charge is -2.10. The zero-order chi connectivity index (χ0) is 20.6. The first-order valence-electron chi connectivity index (χ1n) is 8.67. The number of ether oxygens (including phenoxy) is 1. The smallest absolute Gasteiger partial charge is 0.253 e. The van der Waals surface area contributed by atoms with E-state index >= 15 is 0 Å². The molecule has 0 aliphatic heterocycles. The number of anilines is 1. The van der Waals surface area contributed by atoms with Crippen LogP contribution in [0.2, 0.25) is 10.0 Å². The van der Waals surface area contributed by atoms with Crippen LogP contribution in [0, 0.1) is 0 Å². The Bertz CT molecular complexity index is 1010. The van der Waals surface area contributed by atoms with Gasteiger partial charge in [0.15, 0.2) is 0 Å². The third-order valence-corrected chi connectivity index (χ3v) is 4.36. The minimum Gasteiger partial charge on any atom is -0.487 e. The van der Waals surface area contributed by atoms with Gasteiger partial charge in [0.25, 0.3) is 5.91 Å². The Balaban J connectivity index is 1.52. The molecule has 0 radical (unpaired) electrons. The molecule has 2 aromatic carbocycles. The van der Waals surface area contributed by atoms with E-state index < -0.39 is 5.91 Å². The van der Waals surface area contributed by atoms with E-state index in [0.29, 0.717) is 23.1 Å². The molecule has 0 aliphatic carbocycles. The van der Waals surface area contributed by atoms with E-state index in [-0.39, 0.29) is 23.0 Å². The van der Waals surface area contributed by atoms with Crippen LogP contribution in [0.4, 0.5) is 5.69 Å². The zero-order valence-corrected chi connectivity index (χ0v) is 16.7. The molecule has 0 bridgehead atoms. The van der Waals surface area contributed by atoms with Crippen LogP contribution in [0.25, 0.3) is 0 Å². The maximum absolute atomic E-state index is 12.2. The van der Waals surface area contributed by atoms with E-state index in [1.165, 1.54) is 12.1 Å². The van der Waals surface area contributed by atoms with E-state index in [1.807, 2.05) is 18.2 Å². The van der Waals surface area contributed by atoms with Gasteiger partial charge in [0.2, 0.25) is 5.91 Å². The minimum absolute atomic E-state index is 0.211. The Hall–Kier alpha value is -3.09. The number of carbonyl (C=O) groups excluding carboxylic acids is 2. The maximum atomic E-state index is 12.2. The van der Waals surface area contributed by atoms with Crippen molar-refractivity contribution in [2.45, 2.75) is 6.61 Å². The van der Waals surface area contributed by atoms with Gasteiger partial charge in [-0.2, -0.15) is 0 Å². The van der Waals surface area contributed by atoms with Crippen LogP contribution in [0.5, 0.6) is 5.75 Å². The van der Waals surface area contributed by atoms with Gasteiger partial charge < -0.3 is 15.4 Å². The van der Waals surface area contributed by atoms with Crippen LogP contribution in [0.15, 0.2) is 66.9 Å². The molecule has 1 aromatic heterocycles. The summed E-state index contributed by atoms with van der Waals surface area (Å²) in [5.41, 5.74) is 1.59. The SMILES string of the molecule is O=C(CNC(=O)c1ccc(Cl)cc1Cl)Nc1cccc(OCc2ccccn2)c1. The summed E-state index contributed by atoms with van der Waals surface area (Å²) in [4.78, 5) is 28.5. The number of halogens is 2. The highest BCUT2D eigenvalue weighted by Gasteiger charge is 2.12. The second-order valence-corrected chi connectivity index (χ2v) is 6.84. The summed E-state index contributed by atoms with van der Waals surface area (Å²) >= 11 is 11.8. The number of nitrogens with one attached hydrogen (secondary N) is 2. The highest BCUT2D eigenvalue weighted by atomic mass is 35.5. The van der Waals surface area contributed by atoms with Gasteiger partial charge in [-0.05, 0) is 42.5 Å². The first kappa shape index (κ1) is 20.6. The number of hydrogen-bond donors (Lipinski definition) is 2. The first-order chi connectivity index (χ1) is 14.0. The molecular weight excluding hydrogens is 413 g/mol. The van der Waals surface area contributed by atoms with Gasteiger partial charge in [0, 0.05) is 23.0 Å². The molecule has 2 N–H and O–H groups in total. The average Bonchev–Trinajstić information content (AvgIpc) is 2.71. The van der Waals surface area contributed by atoms with E-state index in [0.717, 1.165) is 5.69 Å². The standard InChI is InChI=1S/C21H17Cl2N3O3/c22-14-7-8-18(19(23)10-14)21(28)25-12-20(27)26-15-5-3-6-17(11-15)29-13-16-4-1-2-9-24-16/h1-11H,12-13H2,(H,25,28)(H,26,27). The number of benzene rings is 2. The number of hydrogen-bond acceptors (Lipinski definition) is 4. The van der Waals surface area contributed by atoms with Gasteiger partial charge in [0.05, 0.1) is 22.8 Å². The number of aromatic nitrogens is 1. The molecule has 0 unspecified atom stereocenters. The van der Waals surface area contributed by atoms with Crippen LogP contribution >= 0.6 is 23.2 Å². The molecule has 0 fully saturated rings. The summed E-state index contributed by atoms with van der Waals surface area (Å²) in [6.07, 6.45) is 1.70. The highest BCUT2D eigenvalue weighted by molar-refractivity contribution is 6.36. The van der Waals surface area contributed by atoms with Gasteiger partial charge in [-0.1, -0.05) is 35.3 Å². The summed E-state index contributed by atoms with van der Waals surface area (Å²) in [6.45, 7) is 0.104. The van der Waals surface area contributed by atoms with Crippen molar-refractivity contribution in [1.82, 2.24) is 10.3 Å². The molecular formula is C21H17Cl2N3O3. The van der Waals surface area contributed by atoms with Crippen LogP contribution in [0.3, 0.4) is 0 Å². The van der Waals surface area contributed by atoms with E-state index in [4.69, 9.17) is 27.9 Å². The molecule has 6 nitrogen and oxygen atoms in total. The van der Waals surface area contributed by atoms with Crippen molar-refractivity contribution in [2.24, 2.45) is 0 Å². The second-order valence-electron chi connectivity index (χ2n) is 5.99. The first-order valence-corrected chi connectivity index (χ1v) is 9.43. The Morgan fingerprint density at radius 2 is 1.86 bits per heavy atom. The van der Waals surface area contributed by atoms with Crippen molar-refractivity contribution in [2.75, 3.05) is 11.9 Å². The number of rotatable bonds is 7. The van der Waals surface area contributed by atoms with Crippen molar-refractivity contribution in [3.05, 3.63) is 88.2 Å². The molecule has 0 saturated carbocycles. The fourth-order valence-corrected chi connectivity index (χ4v) is 2.93. The second kappa shape index (κ2) is 9.91. The fraction of sp³-hybridized carbons (Fsp3) is 0.0952. The Morgan fingerprint density at radius 3 is 2.62 bits per heavy atom. The summed E-state index contributed by atoms with van der Waals surface area (Å²) < 4.78 is 5.68. The number of nitrogens with zero attached hydrogens (tertiary/aromatic N) is 1. The normalized spacial score (nSPS) is 10.3. The van der Waals surface area contributed by atoms with Crippen molar-refractivity contribution >= 4 is 40.7 Å². The molecule has 0 spiro atoms. The molecule has 0 saturated heterocycles. The van der Waals surface area contributed by atoms with Crippen molar-refractivity contribution in [1.29, 1.82) is 0 Å². The van der Waals surface area contributed by atoms with Gasteiger partial charge >= 0.3 is 0 Å². The van der Waals surface area contributed by atoms with E-state index in [1.54, 1.807) is 36.5 Å². The Kier molecular flexibility index (Phi) is 7.05. The number of pyridine rings is 1. The van der Waals surface area contributed by atoms with Crippen LogP contribution < -0.4 is 15.4 Å². The lowest BCUT2D eigenvalue weighted by molar-refractivity contribution is -0.115. The lowest BCUT2D eigenvalue weighted by Crippen LogP contribution is -2.33. The molecule has 29 heavy (non-hydrogen) atoms. The average molecular weight is 430 g/mol. The minimum atomic E-state index is -0.464. The predicted octanol–water partition coefficient (Wildman–Crippen LogP) is 4.34. The monoisotopic (exact) mass is 429 g/mol. The molecule has 8 heteroatoms. The van der Waals surface area contributed by atoms with Crippen molar-refractivity contribution < 1.29 is 14.3 Å². The van der Waals surface area contributed by atoms with Gasteiger partial charge in [-0.3, -0.25) is 14.6 Å². The van der Waals surface area contributed by atoms with Crippen molar-refractivity contribution in [3.8, 4) is 5.75 Å². The predicted molar refractivity (Wildman–Crippen MR) is 112 cm³/mol. The summed E-state index contributed by atoms with van der Waals surface area (Å²) in [6, 6.07) is 17.1. The molecule has 0 aliphatic rings. The maximum Gasteiger partial charge on any atom is 0.253 e. The summed E-state index contributed by atoms with van der Waals surface area (Å²) in [5.74, 6) is -0.259. The fourth-order valence-electron chi connectivity index (χ4n) is 2.44. The topological polar surface area (TPSA) is 80.3 Å². The molecule has 3 rings (SSSR count). The molecule has 1 heterocycles. The molecule has 0 atom stereocenters. The third kappa shape index (κ3) is 6.20. The quantitative estimate of drug-likeness (QED) is 0.585. The van der Waals surface area contributed by atoms with Crippen molar-refractivity contribution in [3.63, 3.8) is 0 Å². The molecule has 3 aromatic rings. The van der Waals surface area contributed by atoms with E-state index in [2.05, 4.69) is 15.6 Å². The van der Waals surface area contributed by atoms with Gasteiger partial charge in [-0.25, -0.2) is 0 Å². The highest BCUT2D eigenvalue weighted by Crippen LogP contribution is 2.21. The molecule has 148 valence electrons. The number of amides is 2. The Labute approximate surface area is 177 Å². The largest absolute Gasteiger partial charge is 0.487 e. The lowest BCUT2D eigenvalue weighted by atomic mass is 10.2. The zero-order valence-electron chi connectivity index (χ0n) is 15.2. The van der Waals surface area contributed by atoms with Gasteiger partial charge in [0.1, 0.15) is 12.4 Å². The van der Waals surface area contributed by atoms with E-state index in [9.17, 15) is 9.59 Å². The van der Waals surface area contributed by atoms with Crippen LogP contribution in [0.1, 0.15) is 16.1 Å². The summed E-state index contributed by atoms with van der Waals surface area (Å²) in [5, 5.41) is 5.87. The Morgan fingerprint density at radius 1 is 1.00 bits per heavy atom. The van der Waals surface area contributed by atoms with Crippen LogP contribution in [-0.2, 0) is 11.4 Å². The summed E-state index contributed by atoms with van der Waals surface area (Å²) in [7, 11) is 0. The number of carbonyl (C=O) groups is 2.